The van der Waals surface area contributed by atoms with Gasteiger partial charge < -0.3 is 4.90 Å². The highest BCUT2D eigenvalue weighted by Crippen LogP contribution is 2.58. The van der Waals surface area contributed by atoms with Crippen LogP contribution < -0.4 is 4.90 Å². The van der Waals surface area contributed by atoms with Gasteiger partial charge in [0.15, 0.2) is 0 Å². The van der Waals surface area contributed by atoms with Crippen LogP contribution in [0.3, 0.4) is 0 Å². The van der Waals surface area contributed by atoms with Crippen LogP contribution in [0.15, 0.2) is 91.0 Å². The van der Waals surface area contributed by atoms with E-state index < -0.39 is 0 Å². The Labute approximate surface area is 228 Å². The van der Waals surface area contributed by atoms with E-state index in [1.54, 1.807) is 5.56 Å². The highest BCUT2D eigenvalue weighted by atomic mass is 15.1. The van der Waals surface area contributed by atoms with E-state index in [2.05, 4.69) is 130 Å². The zero-order chi connectivity index (χ0) is 26.3. The average Bonchev–Trinajstić information content (AvgIpc) is 3.53. The van der Waals surface area contributed by atoms with Gasteiger partial charge in [-0.25, -0.2) is 0 Å². The molecule has 38 heavy (non-hydrogen) atoms. The Morgan fingerprint density at radius 2 is 1.45 bits per heavy atom. The van der Waals surface area contributed by atoms with Crippen LogP contribution in [0, 0.1) is 12.8 Å². The van der Waals surface area contributed by atoms with Gasteiger partial charge in [0.1, 0.15) is 0 Å². The van der Waals surface area contributed by atoms with Crippen LogP contribution in [-0.4, -0.2) is 0 Å². The molecule has 1 heteroatoms. The van der Waals surface area contributed by atoms with Crippen LogP contribution in [-0.2, 0) is 11.8 Å². The third-order valence-electron chi connectivity index (χ3n) is 8.73. The van der Waals surface area contributed by atoms with Gasteiger partial charge in [0.2, 0.25) is 0 Å². The summed E-state index contributed by atoms with van der Waals surface area (Å²) < 4.78 is 0. The van der Waals surface area contributed by atoms with Gasteiger partial charge >= 0.3 is 0 Å². The first kappa shape index (κ1) is 24.7. The van der Waals surface area contributed by atoms with E-state index in [4.69, 9.17) is 0 Å². The summed E-state index contributed by atoms with van der Waals surface area (Å²) in [5.74, 6) is 0.557. The van der Waals surface area contributed by atoms with Crippen molar-refractivity contribution in [1.29, 1.82) is 0 Å². The summed E-state index contributed by atoms with van der Waals surface area (Å²) in [5, 5.41) is 0. The predicted molar refractivity (Wildman–Crippen MR) is 164 cm³/mol. The lowest BCUT2D eigenvalue weighted by atomic mass is 9.76. The van der Waals surface area contributed by atoms with Crippen molar-refractivity contribution in [2.75, 3.05) is 4.90 Å². The molecule has 1 fully saturated rings. The largest absolute Gasteiger partial charge is 0.310 e. The van der Waals surface area contributed by atoms with Crippen LogP contribution in [0.2, 0.25) is 0 Å². The standard InChI is InChI=1S/C37H39N/c1-5-29-13-7-9-15-36(29)38(35-14-8-6-12-27(35)4)30-19-21-32-31-20-18-28(17-16-26(2)3)24-33(31)37(34(32)25-30)22-10-11-23-37/h6-9,12-21,24-26H,5,10-11,22-23H2,1-4H3. The summed E-state index contributed by atoms with van der Waals surface area (Å²) in [6.07, 6.45) is 10.7. The smallest absolute Gasteiger partial charge is 0.0493 e. The Morgan fingerprint density at radius 3 is 2.16 bits per heavy atom. The molecule has 2 aliphatic rings. The molecule has 0 bridgehead atoms. The summed E-state index contributed by atoms with van der Waals surface area (Å²) in [6.45, 7) is 8.98. The molecular formula is C37H39N. The Hall–Kier alpha value is -3.58. The van der Waals surface area contributed by atoms with E-state index in [1.165, 1.54) is 76.1 Å². The second-order valence-electron chi connectivity index (χ2n) is 11.5. The van der Waals surface area contributed by atoms with Crippen LogP contribution in [0.5, 0.6) is 0 Å². The summed E-state index contributed by atoms with van der Waals surface area (Å²) in [4.78, 5) is 2.50. The van der Waals surface area contributed by atoms with E-state index in [1.807, 2.05) is 0 Å². The van der Waals surface area contributed by atoms with Gasteiger partial charge in [0.05, 0.1) is 0 Å². The molecular weight excluding hydrogens is 458 g/mol. The van der Waals surface area contributed by atoms with Gasteiger partial charge in [0, 0.05) is 22.5 Å². The molecule has 1 spiro atoms. The minimum absolute atomic E-state index is 0.129. The monoisotopic (exact) mass is 497 g/mol. The lowest BCUT2D eigenvalue weighted by molar-refractivity contribution is 0.550. The summed E-state index contributed by atoms with van der Waals surface area (Å²) in [5.41, 5.74) is 13.9. The molecule has 0 amide bonds. The van der Waals surface area contributed by atoms with Crippen molar-refractivity contribution >= 4 is 23.1 Å². The van der Waals surface area contributed by atoms with Crippen LogP contribution in [0.1, 0.15) is 74.3 Å². The molecule has 0 radical (unpaired) electrons. The molecule has 0 aliphatic heterocycles. The number of nitrogens with zero attached hydrogens (tertiary/aromatic N) is 1. The topological polar surface area (TPSA) is 3.24 Å². The molecule has 1 nitrogen and oxygen atoms in total. The Kier molecular flexibility index (Phi) is 6.48. The van der Waals surface area contributed by atoms with Gasteiger partial charge in [-0.15, -0.1) is 0 Å². The third-order valence-corrected chi connectivity index (χ3v) is 8.73. The van der Waals surface area contributed by atoms with E-state index >= 15 is 0 Å². The fourth-order valence-electron chi connectivity index (χ4n) is 6.81. The Balaban J connectivity index is 1.54. The van der Waals surface area contributed by atoms with Crippen molar-refractivity contribution < 1.29 is 0 Å². The normalized spacial score (nSPS) is 15.4. The van der Waals surface area contributed by atoms with Crippen molar-refractivity contribution in [3.05, 3.63) is 119 Å². The lowest BCUT2D eigenvalue weighted by Gasteiger charge is -2.31. The number of allylic oxidation sites excluding steroid dienone is 1. The Morgan fingerprint density at radius 1 is 0.789 bits per heavy atom. The molecule has 4 aromatic rings. The quantitative estimate of drug-likeness (QED) is 0.256. The number of fused-ring (bicyclic) bond motifs is 5. The molecule has 0 unspecified atom stereocenters. The van der Waals surface area contributed by atoms with Crippen molar-refractivity contribution in [3.8, 4) is 11.1 Å². The van der Waals surface area contributed by atoms with Crippen molar-refractivity contribution in [2.45, 2.75) is 65.2 Å². The molecule has 0 atom stereocenters. The van der Waals surface area contributed by atoms with E-state index in [0.717, 1.165) is 6.42 Å². The highest BCUT2D eigenvalue weighted by molar-refractivity contribution is 5.87. The number of hydrogen-bond donors (Lipinski definition) is 0. The number of aryl methyl sites for hydroxylation is 2. The SMILES string of the molecule is CCc1ccccc1N(c1ccc2c(c1)C1(CCCC1)c1cc(C=CC(C)C)ccc1-2)c1ccccc1C. The lowest BCUT2D eigenvalue weighted by Crippen LogP contribution is -2.21. The van der Waals surface area contributed by atoms with E-state index in [0.29, 0.717) is 5.92 Å². The molecule has 0 heterocycles. The molecule has 2 aliphatic carbocycles. The first-order chi connectivity index (χ1) is 18.5. The number of rotatable bonds is 6. The molecule has 1 saturated carbocycles. The maximum atomic E-state index is 2.53. The van der Waals surface area contributed by atoms with E-state index in [9.17, 15) is 0 Å². The highest BCUT2D eigenvalue weighted by Gasteiger charge is 2.45. The minimum Gasteiger partial charge on any atom is -0.310 e. The van der Waals surface area contributed by atoms with Crippen molar-refractivity contribution in [3.63, 3.8) is 0 Å². The van der Waals surface area contributed by atoms with Crippen molar-refractivity contribution in [2.24, 2.45) is 5.92 Å². The fourth-order valence-corrected chi connectivity index (χ4v) is 6.81. The summed E-state index contributed by atoms with van der Waals surface area (Å²) >= 11 is 0. The van der Waals surface area contributed by atoms with Gasteiger partial charge in [-0.2, -0.15) is 0 Å². The maximum absolute atomic E-state index is 2.53. The number of benzene rings is 4. The summed E-state index contributed by atoms with van der Waals surface area (Å²) in [6, 6.07) is 32.2. The van der Waals surface area contributed by atoms with Gasteiger partial charge in [-0.1, -0.05) is 106 Å². The van der Waals surface area contributed by atoms with Crippen LogP contribution >= 0.6 is 0 Å². The third kappa shape index (κ3) is 4.09. The van der Waals surface area contributed by atoms with Crippen LogP contribution in [0.25, 0.3) is 17.2 Å². The second-order valence-corrected chi connectivity index (χ2v) is 11.5. The van der Waals surface area contributed by atoms with Gasteiger partial charge in [-0.05, 0) is 95.3 Å². The van der Waals surface area contributed by atoms with E-state index in [-0.39, 0.29) is 5.41 Å². The first-order valence-corrected chi connectivity index (χ1v) is 14.4. The summed E-state index contributed by atoms with van der Waals surface area (Å²) in [7, 11) is 0. The maximum Gasteiger partial charge on any atom is 0.0493 e. The number of anilines is 3. The molecule has 6 rings (SSSR count). The fraction of sp³-hybridized carbons (Fsp3) is 0.297. The minimum atomic E-state index is 0.129. The first-order valence-electron chi connectivity index (χ1n) is 14.4. The molecule has 0 saturated heterocycles. The molecule has 4 aromatic carbocycles. The predicted octanol–water partition coefficient (Wildman–Crippen LogP) is 10.5. The molecule has 0 aromatic heterocycles. The average molecular weight is 498 g/mol. The molecule has 0 N–H and O–H groups in total. The number of hydrogen-bond acceptors (Lipinski definition) is 1. The zero-order valence-corrected chi connectivity index (χ0v) is 23.3. The van der Waals surface area contributed by atoms with Gasteiger partial charge in [-0.3, -0.25) is 0 Å². The van der Waals surface area contributed by atoms with Crippen molar-refractivity contribution in [1.82, 2.24) is 0 Å². The second kappa shape index (κ2) is 9.95. The number of para-hydroxylation sites is 2. The van der Waals surface area contributed by atoms with Gasteiger partial charge in [0.25, 0.3) is 0 Å². The zero-order valence-electron chi connectivity index (χ0n) is 23.3. The van der Waals surface area contributed by atoms with Crippen LogP contribution in [0.4, 0.5) is 17.1 Å². The Bertz CT molecular complexity index is 1500. The molecule has 192 valence electrons.